The first-order chi connectivity index (χ1) is 11.1. The van der Waals surface area contributed by atoms with E-state index < -0.39 is 0 Å². The van der Waals surface area contributed by atoms with Gasteiger partial charge in [0.1, 0.15) is 0 Å². The van der Waals surface area contributed by atoms with Gasteiger partial charge in [-0.1, -0.05) is 24.6 Å². The van der Waals surface area contributed by atoms with Crippen LogP contribution < -0.4 is 5.32 Å². The average Bonchev–Trinajstić information content (AvgIpc) is 3.09. The van der Waals surface area contributed by atoms with Gasteiger partial charge in [-0.2, -0.15) is 5.10 Å². The highest BCUT2D eigenvalue weighted by molar-refractivity contribution is 5.38. The van der Waals surface area contributed by atoms with Crippen LogP contribution in [0.25, 0.3) is 5.69 Å². The van der Waals surface area contributed by atoms with Gasteiger partial charge in [-0.15, -0.1) is 0 Å². The third-order valence-electron chi connectivity index (χ3n) is 5.09. The number of aliphatic hydroxyl groups excluding tert-OH is 1. The first kappa shape index (κ1) is 16.2. The summed E-state index contributed by atoms with van der Waals surface area (Å²) < 4.78 is 2.02. The van der Waals surface area contributed by atoms with E-state index >= 15 is 0 Å². The first-order valence-corrected chi connectivity index (χ1v) is 8.61. The van der Waals surface area contributed by atoms with Gasteiger partial charge in [0.25, 0.3) is 0 Å². The number of rotatable bonds is 5. The molecular formula is C19H27N3O. The van der Waals surface area contributed by atoms with E-state index in [-0.39, 0.29) is 12.1 Å². The van der Waals surface area contributed by atoms with E-state index in [0.29, 0.717) is 5.92 Å². The van der Waals surface area contributed by atoms with Crippen molar-refractivity contribution in [2.75, 3.05) is 6.54 Å². The minimum Gasteiger partial charge on any atom is -0.393 e. The predicted octanol–water partition coefficient (Wildman–Crippen LogP) is 3.30. The normalized spacial score (nSPS) is 22.4. The summed E-state index contributed by atoms with van der Waals surface area (Å²) in [6, 6.07) is 10.5. The maximum Gasteiger partial charge on any atom is 0.0648 e. The molecule has 3 atom stereocenters. The number of para-hydroxylation sites is 1. The fraction of sp³-hybridized carbons (Fsp3) is 0.526. The Bertz CT molecular complexity index is 650. The molecule has 1 heterocycles. The first-order valence-electron chi connectivity index (χ1n) is 8.61. The Balaban J connectivity index is 1.76. The van der Waals surface area contributed by atoms with Gasteiger partial charge in [-0.3, -0.25) is 0 Å². The van der Waals surface area contributed by atoms with Crippen LogP contribution in [-0.2, 0) is 0 Å². The summed E-state index contributed by atoms with van der Waals surface area (Å²) in [5.41, 5.74) is 4.61. The molecule has 1 aliphatic rings. The van der Waals surface area contributed by atoms with Crippen LogP contribution in [0.4, 0.5) is 0 Å². The van der Waals surface area contributed by atoms with E-state index in [1.165, 1.54) is 11.3 Å². The topological polar surface area (TPSA) is 50.1 Å². The second kappa shape index (κ2) is 6.85. The molecule has 1 fully saturated rings. The highest BCUT2D eigenvalue weighted by atomic mass is 16.3. The lowest BCUT2D eigenvalue weighted by atomic mass is 10.0. The lowest BCUT2D eigenvalue weighted by molar-refractivity contribution is 0.130. The zero-order valence-corrected chi connectivity index (χ0v) is 14.3. The van der Waals surface area contributed by atoms with Crippen molar-refractivity contribution >= 4 is 0 Å². The third kappa shape index (κ3) is 3.33. The molecule has 124 valence electrons. The fourth-order valence-electron chi connectivity index (χ4n) is 3.79. The minimum atomic E-state index is -0.135. The Kier molecular flexibility index (Phi) is 4.83. The molecule has 0 spiro atoms. The molecule has 1 saturated carbocycles. The van der Waals surface area contributed by atoms with Crippen LogP contribution in [-0.4, -0.2) is 27.5 Å². The summed E-state index contributed by atoms with van der Waals surface area (Å²) in [6.45, 7) is 7.26. The van der Waals surface area contributed by atoms with Crippen molar-refractivity contribution in [1.29, 1.82) is 0 Å². The maximum atomic E-state index is 9.98. The van der Waals surface area contributed by atoms with E-state index in [1.54, 1.807) is 0 Å². The van der Waals surface area contributed by atoms with Crippen LogP contribution in [0.1, 0.15) is 49.2 Å². The highest BCUT2D eigenvalue weighted by Gasteiger charge is 2.26. The third-order valence-corrected chi connectivity index (χ3v) is 5.09. The number of aromatic nitrogens is 2. The largest absolute Gasteiger partial charge is 0.393 e. The van der Waals surface area contributed by atoms with E-state index in [4.69, 9.17) is 5.10 Å². The Hall–Kier alpha value is -1.65. The number of hydrogen-bond donors (Lipinski definition) is 2. The number of benzene rings is 1. The predicted molar refractivity (Wildman–Crippen MR) is 92.8 cm³/mol. The lowest BCUT2D eigenvalue weighted by Gasteiger charge is -2.20. The summed E-state index contributed by atoms with van der Waals surface area (Å²) in [7, 11) is 0. The second-order valence-corrected chi connectivity index (χ2v) is 6.72. The van der Waals surface area contributed by atoms with Crippen LogP contribution in [0.15, 0.2) is 30.3 Å². The van der Waals surface area contributed by atoms with Gasteiger partial charge in [0.15, 0.2) is 0 Å². The van der Waals surface area contributed by atoms with Crippen LogP contribution in [0.3, 0.4) is 0 Å². The van der Waals surface area contributed by atoms with Crippen molar-refractivity contribution in [2.24, 2.45) is 5.92 Å². The zero-order chi connectivity index (χ0) is 16.4. The minimum absolute atomic E-state index is 0.135. The SMILES string of the molecule is Cc1nn(-c2ccccc2)c(C)c1C(C)NCC1CCCC1O. The van der Waals surface area contributed by atoms with E-state index in [1.807, 2.05) is 22.9 Å². The van der Waals surface area contributed by atoms with Gasteiger partial charge in [-0.25, -0.2) is 4.68 Å². The smallest absolute Gasteiger partial charge is 0.0648 e. The zero-order valence-electron chi connectivity index (χ0n) is 14.3. The van der Waals surface area contributed by atoms with E-state index in [9.17, 15) is 5.11 Å². The highest BCUT2D eigenvalue weighted by Crippen LogP contribution is 2.27. The van der Waals surface area contributed by atoms with Crippen molar-refractivity contribution in [3.63, 3.8) is 0 Å². The molecule has 2 N–H and O–H groups in total. The quantitative estimate of drug-likeness (QED) is 0.890. The van der Waals surface area contributed by atoms with Crippen molar-refractivity contribution in [3.05, 3.63) is 47.3 Å². The van der Waals surface area contributed by atoms with Crippen LogP contribution in [0.5, 0.6) is 0 Å². The van der Waals surface area contributed by atoms with Gasteiger partial charge in [0.2, 0.25) is 0 Å². The van der Waals surface area contributed by atoms with Gasteiger partial charge < -0.3 is 10.4 Å². The number of aliphatic hydroxyl groups is 1. The summed E-state index contributed by atoms with van der Waals surface area (Å²) in [4.78, 5) is 0. The standard InChI is InChI=1S/C19H27N3O/c1-13(20-12-16-8-7-11-18(16)23)19-14(2)21-22(15(19)3)17-9-5-4-6-10-17/h4-6,9-10,13,16,18,20,23H,7-8,11-12H2,1-3H3. The molecule has 0 bridgehead atoms. The van der Waals surface area contributed by atoms with E-state index in [2.05, 4.69) is 38.2 Å². The molecule has 0 amide bonds. The molecule has 3 rings (SSSR count). The number of aryl methyl sites for hydroxylation is 1. The average molecular weight is 313 g/mol. The van der Waals surface area contributed by atoms with Gasteiger partial charge in [0.05, 0.1) is 17.5 Å². The van der Waals surface area contributed by atoms with Crippen molar-refractivity contribution in [1.82, 2.24) is 15.1 Å². The van der Waals surface area contributed by atoms with E-state index in [0.717, 1.165) is 37.2 Å². The second-order valence-electron chi connectivity index (χ2n) is 6.72. The van der Waals surface area contributed by atoms with Crippen molar-refractivity contribution in [3.8, 4) is 5.69 Å². The summed E-state index contributed by atoms with van der Waals surface area (Å²) in [5, 5.41) is 18.3. The molecular weight excluding hydrogens is 286 g/mol. The Morgan fingerprint density at radius 3 is 2.65 bits per heavy atom. The number of hydrogen-bond acceptors (Lipinski definition) is 3. The summed E-state index contributed by atoms with van der Waals surface area (Å²) in [6.07, 6.45) is 3.09. The maximum absolute atomic E-state index is 9.98. The summed E-state index contributed by atoms with van der Waals surface area (Å²) in [5.74, 6) is 0.391. The Morgan fingerprint density at radius 2 is 2.00 bits per heavy atom. The lowest BCUT2D eigenvalue weighted by Crippen LogP contribution is -2.30. The van der Waals surface area contributed by atoms with Crippen LogP contribution >= 0.6 is 0 Å². The molecule has 1 aliphatic carbocycles. The molecule has 1 aromatic heterocycles. The van der Waals surface area contributed by atoms with Crippen molar-refractivity contribution < 1.29 is 5.11 Å². The van der Waals surface area contributed by atoms with Gasteiger partial charge >= 0.3 is 0 Å². The van der Waals surface area contributed by atoms with Gasteiger partial charge in [-0.05, 0) is 51.7 Å². The summed E-state index contributed by atoms with van der Waals surface area (Å²) >= 11 is 0. The molecule has 0 aliphatic heterocycles. The molecule has 0 radical (unpaired) electrons. The van der Waals surface area contributed by atoms with Crippen LogP contribution in [0.2, 0.25) is 0 Å². The molecule has 2 aromatic rings. The molecule has 4 heteroatoms. The Labute approximate surface area is 138 Å². The number of nitrogens with one attached hydrogen (secondary N) is 1. The molecule has 1 aromatic carbocycles. The number of nitrogens with zero attached hydrogens (tertiary/aromatic N) is 2. The van der Waals surface area contributed by atoms with Crippen molar-refractivity contribution in [2.45, 2.75) is 52.2 Å². The van der Waals surface area contributed by atoms with Gasteiger partial charge in [0, 0.05) is 23.8 Å². The Morgan fingerprint density at radius 1 is 1.26 bits per heavy atom. The van der Waals surface area contributed by atoms with Crippen LogP contribution in [0, 0.1) is 19.8 Å². The molecule has 0 saturated heterocycles. The monoisotopic (exact) mass is 313 g/mol. The fourth-order valence-corrected chi connectivity index (χ4v) is 3.79. The molecule has 3 unspecified atom stereocenters. The molecule has 4 nitrogen and oxygen atoms in total. The molecule has 23 heavy (non-hydrogen) atoms.